The number of ether oxygens (including phenoxy) is 1. The van der Waals surface area contributed by atoms with E-state index in [1.807, 2.05) is 23.1 Å². The van der Waals surface area contributed by atoms with Crippen molar-refractivity contribution in [1.29, 1.82) is 0 Å². The third-order valence-corrected chi connectivity index (χ3v) is 5.30. The Hall–Kier alpha value is -2.58. The SMILES string of the molecule is O=C(CN1CCO[C@@H](c2cccc(Nc3ccc(F)cn3)n2)C1)N1CCCCC1. The number of carbonyl (C=O) groups is 1. The second-order valence-electron chi connectivity index (χ2n) is 7.47. The molecule has 1 atom stereocenters. The molecule has 1 amide bonds. The number of amides is 1. The van der Waals surface area contributed by atoms with Crippen LogP contribution in [-0.2, 0) is 9.53 Å². The Morgan fingerprint density at radius 3 is 2.79 bits per heavy atom. The van der Waals surface area contributed by atoms with Crippen molar-refractivity contribution in [3.8, 4) is 0 Å². The number of nitrogens with one attached hydrogen (secondary N) is 1. The fraction of sp³-hybridized carbons (Fsp3) is 0.476. The van der Waals surface area contributed by atoms with Crippen LogP contribution in [0.5, 0.6) is 0 Å². The molecule has 7 nitrogen and oxygen atoms in total. The number of nitrogens with zero attached hydrogens (tertiary/aromatic N) is 4. The maximum atomic E-state index is 13.0. The van der Waals surface area contributed by atoms with E-state index >= 15 is 0 Å². The first kappa shape index (κ1) is 19.7. The summed E-state index contributed by atoms with van der Waals surface area (Å²) in [6, 6.07) is 8.56. The molecule has 2 aromatic heterocycles. The van der Waals surface area contributed by atoms with E-state index in [-0.39, 0.29) is 17.8 Å². The molecule has 2 aromatic rings. The van der Waals surface area contributed by atoms with Gasteiger partial charge in [0.2, 0.25) is 5.91 Å². The number of anilines is 2. The zero-order valence-corrected chi connectivity index (χ0v) is 16.4. The van der Waals surface area contributed by atoms with E-state index in [4.69, 9.17) is 4.74 Å². The van der Waals surface area contributed by atoms with E-state index in [1.54, 1.807) is 6.07 Å². The number of hydrogen-bond donors (Lipinski definition) is 1. The van der Waals surface area contributed by atoms with Crippen molar-refractivity contribution in [3.05, 3.63) is 48.0 Å². The Morgan fingerprint density at radius 1 is 1.14 bits per heavy atom. The zero-order valence-electron chi connectivity index (χ0n) is 16.4. The summed E-state index contributed by atoms with van der Waals surface area (Å²) < 4.78 is 18.9. The fourth-order valence-electron chi connectivity index (χ4n) is 3.74. The minimum Gasteiger partial charge on any atom is -0.369 e. The fourth-order valence-corrected chi connectivity index (χ4v) is 3.74. The van der Waals surface area contributed by atoms with Crippen LogP contribution in [0, 0.1) is 5.82 Å². The summed E-state index contributed by atoms with van der Waals surface area (Å²) in [7, 11) is 0. The number of halogens is 1. The largest absolute Gasteiger partial charge is 0.369 e. The Bertz CT molecular complexity index is 826. The van der Waals surface area contributed by atoms with Crippen molar-refractivity contribution in [2.45, 2.75) is 25.4 Å². The summed E-state index contributed by atoms with van der Waals surface area (Å²) in [6.07, 6.45) is 4.38. The second kappa shape index (κ2) is 9.28. The number of piperidine rings is 1. The smallest absolute Gasteiger partial charge is 0.236 e. The lowest BCUT2D eigenvalue weighted by atomic mass is 10.1. The number of aromatic nitrogens is 2. The molecule has 0 spiro atoms. The van der Waals surface area contributed by atoms with Gasteiger partial charge >= 0.3 is 0 Å². The molecule has 1 N–H and O–H groups in total. The molecular formula is C21H26FN5O2. The monoisotopic (exact) mass is 399 g/mol. The molecule has 154 valence electrons. The molecule has 0 aliphatic carbocycles. The highest BCUT2D eigenvalue weighted by atomic mass is 19.1. The lowest BCUT2D eigenvalue weighted by Crippen LogP contribution is -2.46. The Balaban J connectivity index is 1.37. The van der Waals surface area contributed by atoms with Crippen molar-refractivity contribution in [1.82, 2.24) is 19.8 Å². The Kier molecular flexibility index (Phi) is 6.31. The molecule has 0 unspecified atom stereocenters. The van der Waals surface area contributed by atoms with E-state index in [9.17, 15) is 9.18 Å². The molecule has 0 saturated carbocycles. The number of hydrogen-bond acceptors (Lipinski definition) is 6. The molecule has 0 bridgehead atoms. The number of rotatable bonds is 5. The van der Waals surface area contributed by atoms with Crippen LogP contribution in [0.1, 0.15) is 31.1 Å². The molecule has 2 fully saturated rings. The molecule has 2 aliphatic heterocycles. The summed E-state index contributed by atoms with van der Waals surface area (Å²) in [5.41, 5.74) is 0.798. The lowest BCUT2D eigenvalue weighted by Gasteiger charge is -2.34. The zero-order chi connectivity index (χ0) is 20.1. The van der Waals surface area contributed by atoms with Gasteiger partial charge in [0.1, 0.15) is 23.6 Å². The minimum atomic E-state index is -0.382. The van der Waals surface area contributed by atoms with E-state index in [1.165, 1.54) is 12.5 Å². The predicted molar refractivity (Wildman–Crippen MR) is 107 cm³/mol. The van der Waals surface area contributed by atoms with Gasteiger partial charge in [-0.05, 0) is 43.5 Å². The molecule has 0 aromatic carbocycles. The van der Waals surface area contributed by atoms with Gasteiger partial charge in [0.25, 0.3) is 0 Å². The van der Waals surface area contributed by atoms with Crippen LogP contribution < -0.4 is 5.32 Å². The highest BCUT2D eigenvalue weighted by Gasteiger charge is 2.26. The van der Waals surface area contributed by atoms with Crippen LogP contribution in [0.4, 0.5) is 16.0 Å². The van der Waals surface area contributed by atoms with Gasteiger partial charge in [-0.25, -0.2) is 14.4 Å². The van der Waals surface area contributed by atoms with Gasteiger partial charge in [-0.3, -0.25) is 9.69 Å². The molecule has 0 radical (unpaired) electrons. The summed E-state index contributed by atoms with van der Waals surface area (Å²) >= 11 is 0. The van der Waals surface area contributed by atoms with Gasteiger partial charge in [0.05, 0.1) is 25.0 Å². The molecule has 4 heterocycles. The van der Waals surface area contributed by atoms with Crippen LogP contribution in [0.15, 0.2) is 36.5 Å². The van der Waals surface area contributed by atoms with Crippen LogP contribution in [0.25, 0.3) is 0 Å². The van der Waals surface area contributed by atoms with Crippen LogP contribution >= 0.6 is 0 Å². The van der Waals surface area contributed by atoms with Crippen molar-refractivity contribution in [3.63, 3.8) is 0 Å². The van der Waals surface area contributed by atoms with Crippen molar-refractivity contribution in [2.24, 2.45) is 0 Å². The van der Waals surface area contributed by atoms with Crippen LogP contribution in [0.3, 0.4) is 0 Å². The normalized spacial score (nSPS) is 20.4. The average molecular weight is 399 g/mol. The summed E-state index contributed by atoms with van der Waals surface area (Å²) in [6.45, 7) is 4.12. The average Bonchev–Trinajstić information content (AvgIpc) is 2.76. The van der Waals surface area contributed by atoms with Crippen LogP contribution in [0.2, 0.25) is 0 Å². The highest BCUT2D eigenvalue weighted by Crippen LogP contribution is 2.23. The minimum absolute atomic E-state index is 0.194. The number of likely N-dealkylation sites (tertiary alicyclic amines) is 1. The summed E-state index contributed by atoms with van der Waals surface area (Å²) in [5.74, 6) is 0.962. The third kappa shape index (κ3) is 5.27. The highest BCUT2D eigenvalue weighted by molar-refractivity contribution is 5.78. The standard InChI is InChI=1S/C21H26FN5O2/c22-16-7-8-19(23-13-16)25-20-6-4-5-17(24-20)18-14-26(11-12-29-18)15-21(28)27-9-2-1-3-10-27/h4-8,13,18H,1-3,9-12,14-15H2,(H,23,24,25)/t18-/m1/s1. The Morgan fingerprint density at radius 2 is 2.00 bits per heavy atom. The van der Waals surface area contributed by atoms with E-state index < -0.39 is 0 Å². The van der Waals surface area contributed by atoms with E-state index in [0.717, 1.165) is 44.4 Å². The maximum absolute atomic E-state index is 13.0. The van der Waals surface area contributed by atoms with Crippen molar-refractivity contribution >= 4 is 17.5 Å². The van der Waals surface area contributed by atoms with Gasteiger partial charge in [-0.1, -0.05) is 6.07 Å². The first-order valence-corrected chi connectivity index (χ1v) is 10.1. The van der Waals surface area contributed by atoms with Crippen LogP contribution in [-0.4, -0.2) is 65.0 Å². The van der Waals surface area contributed by atoms with E-state index in [2.05, 4.69) is 20.2 Å². The van der Waals surface area contributed by atoms with Gasteiger partial charge < -0.3 is 15.0 Å². The quantitative estimate of drug-likeness (QED) is 0.834. The van der Waals surface area contributed by atoms with Crippen molar-refractivity contribution in [2.75, 3.05) is 44.6 Å². The van der Waals surface area contributed by atoms with Gasteiger partial charge in [0.15, 0.2) is 0 Å². The first-order valence-electron chi connectivity index (χ1n) is 10.1. The number of morpholine rings is 1. The van der Waals surface area contributed by atoms with E-state index in [0.29, 0.717) is 31.3 Å². The lowest BCUT2D eigenvalue weighted by molar-refractivity contribution is -0.135. The molecule has 29 heavy (non-hydrogen) atoms. The Labute approximate surface area is 169 Å². The van der Waals surface area contributed by atoms with Gasteiger partial charge in [-0.15, -0.1) is 0 Å². The number of pyridine rings is 2. The molecule has 2 saturated heterocycles. The maximum Gasteiger partial charge on any atom is 0.236 e. The van der Waals surface area contributed by atoms with Crippen molar-refractivity contribution < 1.29 is 13.9 Å². The summed E-state index contributed by atoms with van der Waals surface area (Å²) in [4.78, 5) is 25.3. The van der Waals surface area contributed by atoms with Gasteiger partial charge in [0, 0.05) is 26.2 Å². The topological polar surface area (TPSA) is 70.6 Å². The molecule has 4 rings (SSSR count). The van der Waals surface area contributed by atoms with Gasteiger partial charge in [-0.2, -0.15) is 0 Å². The number of carbonyl (C=O) groups excluding carboxylic acids is 1. The molecule has 2 aliphatic rings. The third-order valence-electron chi connectivity index (χ3n) is 5.30. The molecule has 8 heteroatoms. The predicted octanol–water partition coefficient (Wildman–Crippen LogP) is 2.75. The second-order valence-corrected chi connectivity index (χ2v) is 7.47. The first-order chi connectivity index (χ1) is 14.2. The summed E-state index contributed by atoms with van der Waals surface area (Å²) in [5, 5.41) is 3.08. The molecular weight excluding hydrogens is 373 g/mol.